The molecule has 1 amide bonds. The van der Waals surface area contributed by atoms with Gasteiger partial charge in [-0.25, -0.2) is 0 Å². The molecule has 1 aromatic heterocycles. The number of rotatable bonds is 3. The normalized spacial score (nSPS) is 22.3. The summed E-state index contributed by atoms with van der Waals surface area (Å²) >= 11 is 0. The lowest BCUT2D eigenvalue weighted by molar-refractivity contribution is -0.135. The Morgan fingerprint density at radius 1 is 1.17 bits per heavy atom. The average molecular weight is 318 g/mol. The Kier molecular flexibility index (Phi) is 4.74. The third kappa shape index (κ3) is 3.59. The average Bonchev–Trinajstić information content (AvgIpc) is 3.01. The number of ether oxygens (including phenoxy) is 1. The second-order valence-electron chi connectivity index (χ2n) is 6.88. The molecule has 0 radical (unpaired) electrons. The number of hydrogen-bond donors (Lipinski definition) is 0. The molecule has 5 heteroatoms. The van der Waals surface area contributed by atoms with E-state index in [9.17, 15) is 9.59 Å². The number of carbonyl (C=O) groups excluding carboxylic acids is 1. The zero-order valence-corrected chi connectivity index (χ0v) is 14.1. The van der Waals surface area contributed by atoms with Crippen molar-refractivity contribution in [1.29, 1.82) is 0 Å². The van der Waals surface area contributed by atoms with E-state index in [4.69, 9.17) is 4.74 Å². The summed E-state index contributed by atoms with van der Waals surface area (Å²) in [6, 6.07) is 3.41. The molecule has 5 nitrogen and oxygen atoms in total. The molecule has 126 valence electrons. The number of amides is 1. The number of aryl methyl sites for hydroxylation is 1. The summed E-state index contributed by atoms with van der Waals surface area (Å²) in [5.41, 5.74) is 0.814. The van der Waals surface area contributed by atoms with Gasteiger partial charge in [0.05, 0.1) is 6.54 Å². The molecule has 23 heavy (non-hydrogen) atoms. The van der Waals surface area contributed by atoms with E-state index in [1.807, 2.05) is 17.9 Å². The number of carbonyl (C=O) groups is 1. The molecule has 1 unspecified atom stereocenters. The van der Waals surface area contributed by atoms with E-state index in [1.165, 1.54) is 25.3 Å². The highest BCUT2D eigenvalue weighted by molar-refractivity contribution is 5.79. The number of hydrogen-bond acceptors (Lipinski definition) is 3. The van der Waals surface area contributed by atoms with E-state index in [0.717, 1.165) is 31.5 Å². The summed E-state index contributed by atoms with van der Waals surface area (Å²) in [6.45, 7) is 3.30. The molecule has 3 rings (SSSR count). The maximum Gasteiger partial charge on any atom is 0.254 e. The first kappa shape index (κ1) is 16.1. The van der Waals surface area contributed by atoms with Crippen LogP contribution in [0.2, 0.25) is 0 Å². The molecule has 0 N–H and O–H groups in total. The van der Waals surface area contributed by atoms with Crippen LogP contribution in [0.25, 0.3) is 0 Å². The Hall–Kier alpha value is -1.78. The second-order valence-corrected chi connectivity index (χ2v) is 6.88. The molecule has 1 atom stereocenters. The molecule has 0 spiro atoms. The maximum atomic E-state index is 12.6. The second kappa shape index (κ2) is 6.77. The van der Waals surface area contributed by atoms with Gasteiger partial charge in [0.25, 0.3) is 5.56 Å². The van der Waals surface area contributed by atoms with Gasteiger partial charge in [0.15, 0.2) is 0 Å². The first-order valence-electron chi connectivity index (χ1n) is 8.67. The van der Waals surface area contributed by atoms with Gasteiger partial charge in [-0.05, 0) is 25.8 Å². The topological polar surface area (TPSA) is 51.5 Å². The molecule has 1 aliphatic heterocycles. The van der Waals surface area contributed by atoms with Crippen molar-refractivity contribution in [3.05, 3.63) is 28.2 Å². The Morgan fingerprint density at radius 3 is 2.61 bits per heavy atom. The van der Waals surface area contributed by atoms with Crippen LogP contribution in [0.5, 0.6) is 5.75 Å². The van der Waals surface area contributed by atoms with E-state index >= 15 is 0 Å². The first-order valence-corrected chi connectivity index (χ1v) is 8.67. The monoisotopic (exact) mass is 318 g/mol. The van der Waals surface area contributed by atoms with Crippen LogP contribution in [-0.4, -0.2) is 34.6 Å². The van der Waals surface area contributed by atoms with Crippen molar-refractivity contribution in [2.24, 2.45) is 13.0 Å². The predicted molar refractivity (Wildman–Crippen MR) is 88.6 cm³/mol. The lowest BCUT2D eigenvalue weighted by Gasteiger charge is -2.26. The molecule has 1 saturated heterocycles. The highest BCUT2D eigenvalue weighted by Crippen LogP contribution is 2.27. The van der Waals surface area contributed by atoms with Crippen LogP contribution in [-0.2, 0) is 11.8 Å². The van der Waals surface area contributed by atoms with Crippen LogP contribution in [0, 0.1) is 12.8 Å². The largest absolute Gasteiger partial charge is 0.488 e. The molecule has 2 fully saturated rings. The van der Waals surface area contributed by atoms with Gasteiger partial charge in [-0.3, -0.25) is 9.59 Å². The standard InChI is InChI=1S/C18H26N2O3/c1-13-10-16(11-17(21)19(13)2)23-15-8-9-20(12-15)18(22)14-6-4-3-5-7-14/h10-11,14-15H,3-9,12H2,1-2H3. The first-order chi connectivity index (χ1) is 11.0. The van der Waals surface area contributed by atoms with Crippen molar-refractivity contribution in [2.45, 2.75) is 51.6 Å². The van der Waals surface area contributed by atoms with Crippen molar-refractivity contribution in [2.75, 3.05) is 13.1 Å². The number of pyridine rings is 1. The predicted octanol–water partition coefficient (Wildman–Crippen LogP) is 2.25. The van der Waals surface area contributed by atoms with Gasteiger partial charge in [-0.1, -0.05) is 19.3 Å². The minimum Gasteiger partial charge on any atom is -0.488 e. The third-order valence-electron chi connectivity index (χ3n) is 5.19. The zero-order chi connectivity index (χ0) is 16.4. The molecule has 2 aliphatic rings. The van der Waals surface area contributed by atoms with E-state index < -0.39 is 0 Å². The van der Waals surface area contributed by atoms with Gasteiger partial charge >= 0.3 is 0 Å². The molecular formula is C18H26N2O3. The highest BCUT2D eigenvalue weighted by Gasteiger charge is 2.32. The van der Waals surface area contributed by atoms with Crippen molar-refractivity contribution in [3.8, 4) is 5.75 Å². The minimum absolute atomic E-state index is 0.00551. The van der Waals surface area contributed by atoms with E-state index in [0.29, 0.717) is 18.2 Å². The van der Waals surface area contributed by atoms with Crippen molar-refractivity contribution < 1.29 is 9.53 Å². The zero-order valence-electron chi connectivity index (χ0n) is 14.1. The maximum absolute atomic E-state index is 12.6. The quantitative estimate of drug-likeness (QED) is 0.859. The molecule has 1 aromatic rings. The summed E-state index contributed by atoms with van der Waals surface area (Å²) < 4.78 is 7.55. The van der Waals surface area contributed by atoms with E-state index in [2.05, 4.69) is 0 Å². The lowest BCUT2D eigenvalue weighted by Crippen LogP contribution is -2.36. The summed E-state index contributed by atoms with van der Waals surface area (Å²) in [4.78, 5) is 26.4. The Bertz CT molecular complexity index is 632. The highest BCUT2D eigenvalue weighted by atomic mass is 16.5. The van der Waals surface area contributed by atoms with Crippen LogP contribution in [0.1, 0.15) is 44.2 Å². The summed E-state index contributed by atoms with van der Waals surface area (Å²) in [6.07, 6.45) is 6.52. The van der Waals surface area contributed by atoms with Gasteiger partial charge < -0.3 is 14.2 Å². The Labute approximate surface area is 137 Å². The van der Waals surface area contributed by atoms with Crippen molar-refractivity contribution >= 4 is 5.91 Å². The third-order valence-corrected chi connectivity index (χ3v) is 5.19. The van der Waals surface area contributed by atoms with Crippen molar-refractivity contribution in [1.82, 2.24) is 9.47 Å². The van der Waals surface area contributed by atoms with Crippen LogP contribution in [0.4, 0.5) is 0 Å². The van der Waals surface area contributed by atoms with Gasteiger partial charge in [-0.15, -0.1) is 0 Å². The minimum atomic E-state index is -0.0619. The van der Waals surface area contributed by atoms with Gasteiger partial charge in [0, 0.05) is 37.7 Å². The number of aromatic nitrogens is 1. The summed E-state index contributed by atoms with van der Waals surface area (Å²) in [5, 5.41) is 0. The Balaban J connectivity index is 1.59. The van der Waals surface area contributed by atoms with Crippen LogP contribution < -0.4 is 10.3 Å². The molecule has 1 saturated carbocycles. The van der Waals surface area contributed by atoms with Gasteiger partial charge in [0.1, 0.15) is 11.9 Å². The SMILES string of the molecule is Cc1cc(OC2CCN(C(=O)C3CCCCC3)C2)cc(=O)n1C. The van der Waals surface area contributed by atoms with Crippen LogP contribution >= 0.6 is 0 Å². The summed E-state index contributed by atoms with van der Waals surface area (Å²) in [7, 11) is 1.75. The lowest BCUT2D eigenvalue weighted by atomic mass is 9.88. The fraction of sp³-hybridized carbons (Fsp3) is 0.667. The number of nitrogens with zero attached hydrogens (tertiary/aromatic N) is 2. The van der Waals surface area contributed by atoms with Crippen LogP contribution in [0.15, 0.2) is 16.9 Å². The van der Waals surface area contributed by atoms with Crippen LogP contribution in [0.3, 0.4) is 0 Å². The fourth-order valence-corrected chi connectivity index (χ4v) is 3.63. The smallest absolute Gasteiger partial charge is 0.254 e. The van der Waals surface area contributed by atoms with Gasteiger partial charge in [0.2, 0.25) is 5.91 Å². The summed E-state index contributed by atoms with van der Waals surface area (Å²) in [5.74, 6) is 1.13. The van der Waals surface area contributed by atoms with E-state index in [-0.39, 0.29) is 17.6 Å². The molecule has 2 heterocycles. The van der Waals surface area contributed by atoms with E-state index in [1.54, 1.807) is 11.6 Å². The fourth-order valence-electron chi connectivity index (χ4n) is 3.63. The molecule has 0 aromatic carbocycles. The molecule has 1 aliphatic carbocycles. The Morgan fingerprint density at radius 2 is 1.91 bits per heavy atom. The van der Waals surface area contributed by atoms with Gasteiger partial charge in [-0.2, -0.15) is 0 Å². The van der Waals surface area contributed by atoms with Crippen molar-refractivity contribution in [3.63, 3.8) is 0 Å². The molecule has 0 bridgehead atoms. The number of likely N-dealkylation sites (tertiary alicyclic amines) is 1. The molecular weight excluding hydrogens is 292 g/mol.